The quantitative estimate of drug-likeness (QED) is 0.554. The Morgan fingerprint density at radius 3 is 2.76 bits per heavy atom. The maximum absolute atomic E-state index is 12.8. The molecule has 1 aromatic carbocycles. The minimum absolute atomic E-state index is 0.149. The van der Waals surface area contributed by atoms with Gasteiger partial charge in [-0.25, -0.2) is 4.79 Å². The second-order valence-corrected chi connectivity index (χ2v) is 5.80. The van der Waals surface area contributed by atoms with Crippen molar-refractivity contribution in [2.24, 2.45) is 5.92 Å². The highest BCUT2D eigenvalue weighted by Crippen LogP contribution is 2.48. The Morgan fingerprint density at radius 1 is 1.44 bits per heavy atom. The number of nitrogens with one attached hydrogen (secondary N) is 1. The van der Waals surface area contributed by atoms with Crippen LogP contribution in [-0.4, -0.2) is 36.2 Å². The summed E-state index contributed by atoms with van der Waals surface area (Å²) < 4.78 is 43.3. The molecule has 25 heavy (non-hydrogen) atoms. The number of rotatable bonds is 8. The van der Waals surface area contributed by atoms with E-state index in [1.807, 2.05) is 0 Å². The number of carbonyl (C=O) groups is 2. The predicted octanol–water partition coefficient (Wildman–Crippen LogP) is 2.58. The van der Waals surface area contributed by atoms with E-state index in [0.29, 0.717) is 12.0 Å². The third kappa shape index (κ3) is 5.06. The van der Waals surface area contributed by atoms with Crippen LogP contribution in [0.2, 0.25) is 0 Å². The number of amides is 1. The van der Waals surface area contributed by atoms with Gasteiger partial charge in [0.2, 0.25) is 5.91 Å². The van der Waals surface area contributed by atoms with Crippen LogP contribution in [0.25, 0.3) is 0 Å². The number of carboxylic acid groups (broad SMARTS) is 1. The maximum atomic E-state index is 12.8. The van der Waals surface area contributed by atoms with Crippen molar-refractivity contribution in [1.29, 1.82) is 0 Å². The van der Waals surface area contributed by atoms with Crippen molar-refractivity contribution in [3.8, 4) is 0 Å². The smallest absolute Gasteiger partial charge is 0.416 e. The summed E-state index contributed by atoms with van der Waals surface area (Å²) in [6, 6.07) is 3.62. The monoisotopic (exact) mass is 357 g/mol. The molecule has 1 amide bonds. The van der Waals surface area contributed by atoms with Gasteiger partial charge in [0.05, 0.1) is 18.8 Å². The first-order valence-corrected chi connectivity index (χ1v) is 7.63. The van der Waals surface area contributed by atoms with Gasteiger partial charge in [0.1, 0.15) is 0 Å². The summed E-state index contributed by atoms with van der Waals surface area (Å²) in [5.74, 6) is -2.62. The average Bonchev–Trinajstić information content (AvgIpc) is 3.34. The molecule has 1 fully saturated rings. The Hall–Kier alpha value is -2.35. The van der Waals surface area contributed by atoms with Gasteiger partial charge in [0.15, 0.2) is 6.04 Å². The van der Waals surface area contributed by atoms with Gasteiger partial charge < -0.3 is 15.2 Å². The van der Waals surface area contributed by atoms with Crippen LogP contribution in [0, 0.1) is 5.92 Å². The third-order valence-electron chi connectivity index (χ3n) is 3.90. The summed E-state index contributed by atoms with van der Waals surface area (Å²) in [7, 11) is 0. The van der Waals surface area contributed by atoms with Crippen LogP contribution < -0.4 is 5.32 Å². The van der Waals surface area contributed by atoms with Crippen LogP contribution in [0.15, 0.2) is 36.9 Å². The first-order valence-electron chi connectivity index (χ1n) is 7.63. The van der Waals surface area contributed by atoms with E-state index < -0.39 is 35.6 Å². The number of ether oxygens (including phenoxy) is 1. The molecule has 3 unspecified atom stereocenters. The summed E-state index contributed by atoms with van der Waals surface area (Å²) in [5, 5.41) is 11.4. The first-order chi connectivity index (χ1) is 11.7. The molecule has 8 heteroatoms. The SMILES string of the molecule is C=CCOCC(NC(=O)C1CC1c1cccc(C(F)(F)F)c1)C(=O)O. The van der Waals surface area contributed by atoms with E-state index >= 15 is 0 Å². The molecule has 0 aromatic heterocycles. The first kappa shape index (κ1) is 19.0. The molecule has 0 heterocycles. The van der Waals surface area contributed by atoms with E-state index in [1.54, 1.807) is 0 Å². The van der Waals surface area contributed by atoms with E-state index in [-0.39, 0.29) is 19.1 Å². The number of carbonyl (C=O) groups excluding carboxylic acids is 1. The molecular weight excluding hydrogens is 339 g/mol. The number of hydrogen-bond acceptors (Lipinski definition) is 3. The van der Waals surface area contributed by atoms with Crippen LogP contribution in [0.5, 0.6) is 0 Å². The highest BCUT2D eigenvalue weighted by Gasteiger charge is 2.45. The van der Waals surface area contributed by atoms with Gasteiger partial charge in [-0.2, -0.15) is 13.2 Å². The zero-order valence-corrected chi connectivity index (χ0v) is 13.3. The summed E-state index contributed by atoms with van der Waals surface area (Å²) in [6.45, 7) is 3.36. The molecule has 0 aliphatic heterocycles. The minimum atomic E-state index is -4.44. The van der Waals surface area contributed by atoms with Crippen LogP contribution in [0.3, 0.4) is 0 Å². The van der Waals surface area contributed by atoms with E-state index in [2.05, 4.69) is 11.9 Å². The molecule has 0 saturated heterocycles. The van der Waals surface area contributed by atoms with Crippen LogP contribution in [0.1, 0.15) is 23.5 Å². The van der Waals surface area contributed by atoms with Crippen molar-refractivity contribution in [1.82, 2.24) is 5.32 Å². The molecule has 2 rings (SSSR count). The Bertz CT molecular complexity index is 660. The fraction of sp³-hybridized carbons (Fsp3) is 0.412. The number of aliphatic carboxylic acids is 1. The summed E-state index contributed by atoms with van der Waals surface area (Å²) in [4.78, 5) is 23.3. The maximum Gasteiger partial charge on any atom is 0.416 e. The molecule has 0 bridgehead atoms. The number of alkyl halides is 3. The van der Waals surface area contributed by atoms with Gasteiger partial charge in [-0.05, 0) is 24.0 Å². The lowest BCUT2D eigenvalue weighted by Gasteiger charge is -2.14. The minimum Gasteiger partial charge on any atom is -0.480 e. The Kier molecular flexibility index (Phi) is 5.84. The molecule has 1 aromatic rings. The second kappa shape index (κ2) is 7.69. The van der Waals surface area contributed by atoms with Crippen molar-refractivity contribution >= 4 is 11.9 Å². The van der Waals surface area contributed by atoms with Crippen LogP contribution in [0.4, 0.5) is 13.2 Å². The zero-order chi connectivity index (χ0) is 18.6. The van der Waals surface area contributed by atoms with Gasteiger partial charge in [0, 0.05) is 5.92 Å². The van der Waals surface area contributed by atoms with Crippen LogP contribution >= 0.6 is 0 Å². The summed E-state index contributed by atoms with van der Waals surface area (Å²) in [5.41, 5.74) is -0.345. The van der Waals surface area contributed by atoms with Crippen molar-refractivity contribution in [2.45, 2.75) is 24.6 Å². The molecule has 1 saturated carbocycles. The van der Waals surface area contributed by atoms with Gasteiger partial charge in [0.25, 0.3) is 0 Å². The van der Waals surface area contributed by atoms with Crippen molar-refractivity contribution in [3.05, 3.63) is 48.0 Å². The van der Waals surface area contributed by atoms with Crippen molar-refractivity contribution in [2.75, 3.05) is 13.2 Å². The lowest BCUT2D eigenvalue weighted by Crippen LogP contribution is -2.44. The predicted molar refractivity (Wildman–Crippen MR) is 82.9 cm³/mol. The molecule has 2 N–H and O–H groups in total. The second-order valence-electron chi connectivity index (χ2n) is 5.80. The Morgan fingerprint density at radius 2 is 2.16 bits per heavy atom. The molecule has 5 nitrogen and oxygen atoms in total. The highest BCUT2D eigenvalue weighted by molar-refractivity contribution is 5.87. The molecule has 136 valence electrons. The summed E-state index contributed by atoms with van der Waals surface area (Å²) in [6.07, 6.45) is -2.61. The topological polar surface area (TPSA) is 75.6 Å². The number of carboxylic acids is 1. The van der Waals surface area contributed by atoms with Gasteiger partial charge in [-0.15, -0.1) is 6.58 Å². The molecule has 0 spiro atoms. The molecule has 0 radical (unpaired) electrons. The van der Waals surface area contributed by atoms with E-state index in [0.717, 1.165) is 12.1 Å². The Balaban J connectivity index is 1.97. The number of halogens is 3. The van der Waals surface area contributed by atoms with Gasteiger partial charge >= 0.3 is 12.1 Å². The molecular formula is C17H18F3NO4. The average molecular weight is 357 g/mol. The van der Waals surface area contributed by atoms with Crippen molar-refractivity contribution in [3.63, 3.8) is 0 Å². The third-order valence-corrected chi connectivity index (χ3v) is 3.90. The lowest BCUT2D eigenvalue weighted by molar-refractivity contribution is -0.143. The Labute approximate surface area is 142 Å². The standard InChI is InChI=1S/C17H18F3NO4/c1-2-6-25-9-14(16(23)24)21-15(22)13-8-12(13)10-4-3-5-11(7-10)17(18,19)20/h2-5,7,12-14H,1,6,8-9H2,(H,21,22)(H,23,24). The molecule has 3 atom stereocenters. The van der Waals surface area contributed by atoms with Crippen molar-refractivity contribution < 1.29 is 32.6 Å². The number of benzene rings is 1. The van der Waals surface area contributed by atoms with Crippen LogP contribution in [-0.2, 0) is 20.5 Å². The van der Waals surface area contributed by atoms with E-state index in [1.165, 1.54) is 18.2 Å². The normalized spacial score (nSPS) is 20.6. The van der Waals surface area contributed by atoms with Gasteiger partial charge in [-0.3, -0.25) is 4.79 Å². The summed E-state index contributed by atoms with van der Waals surface area (Å²) >= 11 is 0. The van der Waals surface area contributed by atoms with Gasteiger partial charge in [-0.1, -0.05) is 24.3 Å². The highest BCUT2D eigenvalue weighted by atomic mass is 19.4. The largest absolute Gasteiger partial charge is 0.480 e. The van der Waals surface area contributed by atoms with E-state index in [4.69, 9.17) is 9.84 Å². The number of hydrogen-bond donors (Lipinski definition) is 2. The molecule has 1 aliphatic carbocycles. The van der Waals surface area contributed by atoms with E-state index in [9.17, 15) is 22.8 Å². The lowest BCUT2D eigenvalue weighted by atomic mass is 10.1. The zero-order valence-electron chi connectivity index (χ0n) is 13.3. The fourth-order valence-corrected chi connectivity index (χ4v) is 2.52. The molecule has 1 aliphatic rings. The fourth-order valence-electron chi connectivity index (χ4n) is 2.52.